The van der Waals surface area contributed by atoms with Crippen LogP contribution in [0.4, 0.5) is 11.8 Å². The van der Waals surface area contributed by atoms with Crippen molar-refractivity contribution in [1.82, 2.24) is 14.9 Å². The maximum atomic E-state index is 5.42. The molecular formula is C20H27N5O2. The first-order valence-electron chi connectivity index (χ1n) is 9.58. The highest BCUT2D eigenvalue weighted by molar-refractivity contribution is 5.44. The predicted molar refractivity (Wildman–Crippen MR) is 106 cm³/mol. The minimum Gasteiger partial charge on any atom is -0.497 e. The number of hydrogen-bond donors (Lipinski definition) is 0. The molecule has 4 rings (SSSR count). The molecule has 1 aromatic heterocycles. The van der Waals surface area contributed by atoms with Crippen LogP contribution in [0.25, 0.3) is 0 Å². The molecule has 7 heteroatoms. The fraction of sp³-hybridized carbons (Fsp3) is 0.500. The summed E-state index contributed by atoms with van der Waals surface area (Å²) in [6.07, 6.45) is 1.87. The van der Waals surface area contributed by atoms with E-state index in [1.807, 2.05) is 18.3 Å². The van der Waals surface area contributed by atoms with Crippen molar-refractivity contribution in [3.63, 3.8) is 0 Å². The Bertz CT molecular complexity index is 743. The average molecular weight is 369 g/mol. The summed E-state index contributed by atoms with van der Waals surface area (Å²) < 4.78 is 10.7. The van der Waals surface area contributed by atoms with Gasteiger partial charge < -0.3 is 19.3 Å². The number of benzene rings is 1. The lowest BCUT2D eigenvalue weighted by atomic mass is 10.2. The smallest absolute Gasteiger partial charge is 0.227 e. The molecular weight excluding hydrogens is 342 g/mol. The number of anilines is 2. The number of piperazine rings is 1. The molecule has 1 aromatic carbocycles. The molecule has 2 aliphatic heterocycles. The van der Waals surface area contributed by atoms with Gasteiger partial charge in [-0.3, -0.25) is 4.90 Å². The lowest BCUT2D eigenvalue weighted by molar-refractivity contribution is 0.122. The van der Waals surface area contributed by atoms with Gasteiger partial charge in [-0.1, -0.05) is 12.1 Å². The van der Waals surface area contributed by atoms with Crippen molar-refractivity contribution >= 4 is 11.8 Å². The Morgan fingerprint density at radius 3 is 2.59 bits per heavy atom. The third-order valence-electron chi connectivity index (χ3n) is 5.16. The molecule has 0 unspecified atom stereocenters. The van der Waals surface area contributed by atoms with E-state index in [1.165, 1.54) is 5.56 Å². The first-order chi connectivity index (χ1) is 13.3. The fourth-order valence-electron chi connectivity index (χ4n) is 3.60. The van der Waals surface area contributed by atoms with Crippen LogP contribution in [-0.2, 0) is 11.3 Å². The van der Waals surface area contributed by atoms with Crippen LogP contribution in [-0.4, -0.2) is 74.5 Å². The summed E-state index contributed by atoms with van der Waals surface area (Å²) in [4.78, 5) is 16.3. The summed E-state index contributed by atoms with van der Waals surface area (Å²) in [6.45, 7) is 8.16. The minimum absolute atomic E-state index is 0.747. The summed E-state index contributed by atoms with van der Waals surface area (Å²) in [7, 11) is 1.71. The number of hydrogen-bond acceptors (Lipinski definition) is 7. The zero-order valence-electron chi connectivity index (χ0n) is 15.9. The quantitative estimate of drug-likeness (QED) is 0.794. The van der Waals surface area contributed by atoms with E-state index in [0.717, 1.165) is 76.5 Å². The topological polar surface area (TPSA) is 54.0 Å². The lowest BCUT2D eigenvalue weighted by Crippen LogP contribution is -2.46. The van der Waals surface area contributed by atoms with Crippen LogP contribution < -0.4 is 14.5 Å². The molecule has 2 saturated heterocycles. The monoisotopic (exact) mass is 369 g/mol. The zero-order chi connectivity index (χ0) is 18.5. The van der Waals surface area contributed by atoms with Crippen molar-refractivity contribution < 1.29 is 9.47 Å². The van der Waals surface area contributed by atoms with Crippen molar-refractivity contribution in [3.05, 3.63) is 42.1 Å². The highest BCUT2D eigenvalue weighted by atomic mass is 16.5. The maximum Gasteiger partial charge on any atom is 0.227 e. The third-order valence-corrected chi connectivity index (χ3v) is 5.16. The molecule has 2 fully saturated rings. The molecule has 2 aliphatic rings. The Balaban J connectivity index is 1.35. The highest BCUT2D eigenvalue weighted by Crippen LogP contribution is 2.19. The molecule has 27 heavy (non-hydrogen) atoms. The maximum absolute atomic E-state index is 5.42. The van der Waals surface area contributed by atoms with E-state index >= 15 is 0 Å². The standard InChI is InChI=1S/C20H27N5O2/c1-26-18-4-2-3-17(15-18)16-23-7-9-24(10-8-23)19-5-6-21-20(22-19)25-11-13-27-14-12-25/h2-6,15H,7-14,16H2,1H3. The first-order valence-corrected chi connectivity index (χ1v) is 9.58. The van der Waals surface area contributed by atoms with Crippen LogP contribution in [0, 0.1) is 0 Å². The Morgan fingerprint density at radius 2 is 1.81 bits per heavy atom. The summed E-state index contributed by atoms with van der Waals surface area (Å²) in [5.41, 5.74) is 1.29. The molecule has 0 radical (unpaired) electrons. The van der Waals surface area contributed by atoms with Crippen molar-refractivity contribution in [3.8, 4) is 5.75 Å². The molecule has 0 atom stereocenters. The molecule has 0 amide bonds. The van der Waals surface area contributed by atoms with Crippen LogP contribution in [0.2, 0.25) is 0 Å². The predicted octanol–water partition coefficient (Wildman–Crippen LogP) is 1.64. The van der Waals surface area contributed by atoms with Gasteiger partial charge >= 0.3 is 0 Å². The number of aromatic nitrogens is 2. The van der Waals surface area contributed by atoms with Gasteiger partial charge in [-0.2, -0.15) is 4.98 Å². The SMILES string of the molecule is COc1cccc(CN2CCN(c3ccnc(N4CCOCC4)n3)CC2)c1. The van der Waals surface area contributed by atoms with Crippen LogP contribution in [0.5, 0.6) is 5.75 Å². The van der Waals surface area contributed by atoms with Crippen molar-refractivity contribution in [2.75, 3.05) is 69.4 Å². The van der Waals surface area contributed by atoms with Gasteiger partial charge in [0.15, 0.2) is 0 Å². The Hall–Kier alpha value is -2.38. The first kappa shape index (κ1) is 18.0. The summed E-state index contributed by atoms with van der Waals surface area (Å²) >= 11 is 0. The third kappa shape index (κ3) is 4.48. The second-order valence-corrected chi connectivity index (χ2v) is 6.93. The second-order valence-electron chi connectivity index (χ2n) is 6.93. The van der Waals surface area contributed by atoms with E-state index in [2.05, 4.69) is 37.9 Å². The van der Waals surface area contributed by atoms with E-state index in [-0.39, 0.29) is 0 Å². The van der Waals surface area contributed by atoms with E-state index in [4.69, 9.17) is 14.5 Å². The van der Waals surface area contributed by atoms with Crippen LogP contribution >= 0.6 is 0 Å². The number of methoxy groups -OCH3 is 1. The molecule has 0 spiro atoms. The van der Waals surface area contributed by atoms with Crippen molar-refractivity contribution in [2.45, 2.75) is 6.54 Å². The molecule has 0 N–H and O–H groups in total. The van der Waals surface area contributed by atoms with Crippen LogP contribution in [0.1, 0.15) is 5.56 Å². The average Bonchev–Trinajstić information content (AvgIpc) is 2.75. The zero-order valence-corrected chi connectivity index (χ0v) is 15.9. The molecule has 144 valence electrons. The Kier molecular flexibility index (Phi) is 5.69. The second kappa shape index (κ2) is 8.54. The van der Waals surface area contributed by atoms with Crippen molar-refractivity contribution in [2.24, 2.45) is 0 Å². The van der Waals surface area contributed by atoms with Gasteiger partial charge in [0.05, 0.1) is 20.3 Å². The van der Waals surface area contributed by atoms with Gasteiger partial charge in [-0.25, -0.2) is 4.98 Å². The van der Waals surface area contributed by atoms with Gasteiger partial charge in [0.2, 0.25) is 5.95 Å². The van der Waals surface area contributed by atoms with Crippen molar-refractivity contribution in [1.29, 1.82) is 0 Å². The Morgan fingerprint density at radius 1 is 1.00 bits per heavy atom. The number of nitrogens with zero attached hydrogens (tertiary/aromatic N) is 5. The van der Waals surface area contributed by atoms with E-state index in [1.54, 1.807) is 7.11 Å². The van der Waals surface area contributed by atoms with E-state index in [0.29, 0.717) is 0 Å². The van der Waals surface area contributed by atoms with Gasteiger partial charge in [0.1, 0.15) is 11.6 Å². The molecule has 2 aromatic rings. The Labute approximate surface area is 160 Å². The van der Waals surface area contributed by atoms with Crippen LogP contribution in [0.15, 0.2) is 36.5 Å². The summed E-state index contributed by atoms with van der Waals surface area (Å²) in [5, 5.41) is 0. The normalized spacial score (nSPS) is 18.6. The highest BCUT2D eigenvalue weighted by Gasteiger charge is 2.20. The number of morpholine rings is 1. The fourth-order valence-corrected chi connectivity index (χ4v) is 3.60. The number of ether oxygens (including phenoxy) is 2. The van der Waals surface area contributed by atoms with E-state index < -0.39 is 0 Å². The van der Waals surface area contributed by atoms with Gasteiger partial charge in [-0.05, 0) is 23.8 Å². The summed E-state index contributed by atoms with van der Waals surface area (Å²) in [6, 6.07) is 10.3. The molecule has 0 saturated carbocycles. The lowest BCUT2D eigenvalue weighted by Gasteiger charge is -2.36. The molecule has 0 bridgehead atoms. The van der Waals surface area contributed by atoms with Gasteiger partial charge in [0, 0.05) is 52.0 Å². The van der Waals surface area contributed by atoms with E-state index in [9.17, 15) is 0 Å². The molecule has 7 nitrogen and oxygen atoms in total. The summed E-state index contributed by atoms with van der Waals surface area (Å²) in [5.74, 6) is 2.75. The molecule has 0 aliphatic carbocycles. The molecule has 3 heterocycles. The largest absolute Gasteiger partial charge is 0.497 e. The van der Waals surface area contributed by atoms with Gasteiger partial charge in [0.25, 0.3) is 0 Å². The van der Waals surface area contributed by atoms with Crippen LogP contribution in [0.3, 0.4) is 0 Å². The minimum atomic E-state index is 0.747. The van der Waals surface area contributed by atoms with Gasteiger partial charge in [-0.15, -0.1) is 0 Å². The number of rotatable bonds is 5.